The number of halogens is 1. The van der Waals surface area contributed by atoms with Crippen LogP contribution in [0, 0.1) is 0 Å². The summed E-state index contributed by atoms with van der Waals surface area (Å²) in [6.07, 6.45) is 1.29. The van der Waals surface area contributed by atoms with Crippen molar-refractivity contribution >= 4 is 28.5 Å². The number of carbonyl (C=O) groups is 2. The Morgan fingerprint density at radius 1 is 1.00 bits per heavy atom. The van der Waals surface area contributed by atoms with Crippen LogP contribution in [-0.4, -0.2) is 17.7 Å². The Morgan fingerprint density at radius 2 is 1.74 bits per heavy atom. The molecule has 19 heavy (non-hydrogen) atoms. The molecule has 2 rings (SSSR count). The second kappa shape index (κ2) is 5.67. The van der Waals surface area contributed by atoms with Crippen LogP contribution in [0.5, 0.6) is 17.2 Å². The van der Waals surface area contributed by atoms with E-state index in [1.165, 1.54) is 18.2 Å². The first-order valence-corrected chi connectivity index (χ1v) is 6.14. The molecular formula is C14H9BrO4. The number of carbonyl (C=O) groups excluding carboxylic acids is 2. The van der Waals surface area contributed by atoms with Crippen molar-refractivity contribution in [3.63, 3.8) is 0 Å². The van der Waals surface area contributed by atoms with Gasteiger partial charge in [0.05, 0.1) is 5.56 Å². The Kier molecular flexibility index (Phi) is 3.97. The van der Waals surface area contributed by atoms with Crippen LogP contribution in [0.15, 0.2) is 40.9 Å². The summed E-state index contributed by atoms with van der Waals surface area (Å²) >= 11 is 3.24. The molecule has 0 spiro atoms. The zero-order valence-electron chi connectivity index (χ0n) is 9.67. The molecule has 0 aliphatic heterocycles. The van der Waals surface area contributed by atoms with Gasteiger partial charge in [-0.05, 0) is 36.4 Å². The molecule has 0 aliphatic carbocycles. The number of phenols is 1. The first-order valence-electron chi connectivity index (χ1n) is 5.35. The fourth-order valence-corrected chi connectivity index (χ4v) is 1.86. The molecular weight excluding hydrogens is 312 g/mol. The predicted molar refractivity (Wildman–Crippen MR) is 73.1 cm³/mol. The van der Waals surface area contributed by atoms with E-state index in [1.807, 2.05) is 0 Å². The number of rotatable bonds is 4. The Balaban J connectivity index is 2.36. The molecule has 4 nitrogen and oxygen atoms in total. The van der Waals surface area contributed by atoms with Crippen molar-refractivity contribution < 1.29 is 19.4 Å². The van der Waals surface area contributed by atoms with Gasteiger partial charge in [-0.2, -0.15) is 0 Å². The summed E-state index contributed by atoms with van der Waals surface area (Å²) in [4.78, 5) is 21.7. The van der Waals surface area contributed by atoms with Crippen LogP contribution in [0.25, 0.3) is 0 Å². The predicted octanol–water partition coefficient (Wildman–Crippen LogP) is 3.57. The highest BCUT2D eigenvalue weighted by Gasteiger charge is 2.07. The molecule has 0 amide bonds. The zero-order chi connectivity index (χ0) is 13.8. The van der Waals surface area contributed by atoms with Gasteiger partial charge in [0.25, 0.3) is 0 Å². The van der Waals surface area contributed by atoms with Crippen molar-refractivity contribution in [2.45, 2.75) is 0 Å². The monoisotopic (exact) mass is 320 g/mol. The number of ether oxygens (including phenoxy) is 1. The summed E-state index contributed by atoms with van der Waals surface area (Å²) in [6, 6.07) is 9.11. The maximum absolute atomic E-state index is 10.9. The molecule has 0 fully saturated rings. The van der Waals surface area contributed by atoms with Gasteiger partial charge in [-0.25, -0.2) is 0 Å². The topological polar surface area (TPSA) is 63.6 Å². The molecule has 0 saturated carbocycles. The van der Waals surface area contributed by atoms with Crippen molar-refractivity contribution in [3.8, 4) is 17.2 Å². The molecule has 1 N–H and O–H groups in total. The lowest BCUT2D eigenvalue weighted by atomic mass is 10.2. The van der Waals surface area contributed by atoms with E-state index in [0.717, 1.165) is 0 Å². The van der Waals surface area contributed by atoms with E-state index < -0.39 is 0 Å². The molecule has 0 radical (unpaired) electrons. The van der Waals surface area contributed by atoms with Gasteiger partial charge >= 0.3 is 0 Å². The summed E-state index contributed by atoms with van der Waals surface area (Å²) < 4.78 is 6.19. The minimum atomic E-state index is -0.0150. The first-order chi connectivity index (χ1) is 9.13. The molecule has 5 heteroatoms. The average molecular weight is 321 g/mol. The zero-order valence-corrected chi connectivity index (χ0v) is 11.3. The largest absolute Gasteiger partial charge is 0.508 e. The maximum Gasteiger partial charge on any atom is 0.153 e. The standard InChI is InChI=1S/C14H9BrO4/c15-13-3-2-12(6-9(13)7-16)19-14-4-1-11(18)5-10(14)8-17/h1-8,18H. The molecule has 2 aromatic rings. The fraction of sp³-hybridized carbons (Fsp3) is 0. The number of hydrogen-bond donors (Lipinski definition) is 1. The van der Waals surface area contributed by atoms with Crippen molar-refractivity contribution in [1.82, 2.24) is 0 Å². The summed E-state index contributed by atoms with van der Waals surface area (Å²) in [5.74, 6) is 0.727. The first kappa shape index (κ1) is 13.3. The van der Waals surface area contributed by atoms with Crippen LogP contribution < -0.4 is 4.74 Å². The Bertz CT molecular complexity index is 637. The van der Waals surface area contributed by atoms with Gasteiger partial charge in [-0.15, -0.1) is 0 Å². The summed E-state index contributed by atoms with van der Waals surface area (Å²) in [6.45, 7) is 0. The second-order valence-electron chi connectivity index (χ2n) is 3.74. The third-order valence-corrected chi connectivity index (χ3v) is 3.16. The molecule has 0 aromatic heterocycles. The summed E-state index contributed by atoms with van der Waals surface area (Å²) in [7, 11) is 0. The van der Waals surface area contributed by atoms with Gasteiger partial charge in [-0.3, -0.25) is 9.59 Å². The van der Waals surface area contributed by atoms with Gasteiger partial charge in [0.1, 0.15) is 17.2 Å². The van der Waals surface area contributed by atoms with Gasteiger partial charge in [0.15, 0.2) is 12.6 Å². The van der Waals surface area contributed by atoms with Crippen LogP contribution in [0.2, 0.25) is 0 Å². The lowest BCUT2D eigenvalue weighted by Crippen LogP contribution is -1.91. The van der Waals surface area contributed by atoms with E-state index in [0.29, 0.717) is 34.1 Å². The Hall–Kier alpha value is -2.14. The van der Waals surface area contributed by atoms with Crippen LogP contribution in [-0.2, 0) is 0 Å². The molecule has 0 bridgehead atoms. The van der Waals surface area contributed by atoms with E-state index in [9.17, 15) is 14.7 Å². The lowest BCUT2D eigenvalue weighted by Gasteiger charge is -2.09. The molecule has 0 heterocycles. The van der Waals surface area contributed by atoms with Crippen LogP contribution >= 0.6 is 15.9 Å². The van der Waals surface area contributed by atoms with Gasteiger partial charge in [0, 0.05) is 10.0 Å². The van der Waals surface area contributed by atoms with E-state index >= 15 is 0 Å². The second-order valence-corrected chi connectivity index (χ2v) is 4.60. The number of phenolic OH excluding ortho intramolecular Hbond substituents is 1. The third kappa shape index (κ3) is 3.00. The van der Waals surface area contributed by atoms with Gasteiger partial charge in [-0.1, -0.05) is 15.9 Å². The number of benzene rings is 2. The van der Waals surface area contributed by atoms with Crippen LogP contribution in [0.4, 0.5) is 0 Å². The van der Waals surface area contributed by atoms with Crippen molar-refractivity contribution in [1.29, 1.82) is 0 Å². The molecule has 0 unspecified atom stereocenters. The van der Waals surface area contributed by atoms with Crippen LogP contribution in [0.1, 0.15) is 20.7 Å². The summed E-state index contributed by atoms with van der Waals surface area (Å²) in [5, 5.41) is 9.29. The number of aromatic hydroxyl groups is 1. The van der Waals surface area contributed by atoms with Crippen molar-refractivity contribution in [2.24, 2.45) is 0 Å². The van der Waals surface area contributed by atoms with E-state index in [1.54, 1.807) is 18.2 Å². The summed E-state index contributed by atoms with van der Waals surface area (Å²) in [5.41, 5.74) is 0.680. The van der Waals surface area contributed by atoms with E-state index in [4.69, 9.17) is 4.74 Å². The molecule has 0 saturated heterocycles. The minimum absolute atomic E-state index is 0.0150. The maximum atomic E-state index is 10.9. The average Bonchev–Trinajstić information content (AvgIpc) is 2.42. The van der Waals surface area contributed by atoms with Crippen molar-refractivity contribution in [2.75, 3.05) is 0 Å². The van der Waals surface area contributed by atoms with E-state index in [-0.39, 0.29) is 11.3 Å². The minimum Gasteiger partial charge on any atom is -0.508 e. The fourth-order valence-electron chi connectivity index (χ4n) is 1.52. The van der Waals surface area contributed by atoms with Gasteiger partial charge in [0.2, 0.25) is 0 Å². The quantitative estimate of drug-likeness (QED) is 0.875. The number of aldehydes is 2. The highest BCUT2D eigenvalue weighted by atomic mass is 79.9. The van der Waals surface area contributed by atoms with Crippen molar-refractivity contribution in [3.05, 3.63) is 52.0 Å². The van der Waals surface area contributed by atoms with E-state index in [2.05, 4.69) is 15.9 Å². The molecule has 96 valence electrons. The van der Waals surface area contributed by atoms with Gasteiger partial charge < -0.3 is 9.84 Å². The lowest BCUT2D eigenvalue weighted by molar-refractivity contribution is 0.111. The highest BCUT2D eigenvalue weighted by molar-refractivity contribution is 9.10. The smallest absolute Gasteiger partial charge is 0.153 e. The SMILES string of the molecule is O=Cc1cc(Oc2ccc(O)cc2C=O)ccc1Br. The molecule has 2 aromatic carbocycles. The Labute approximate surface area is 117 Å². The molecule has 0 atom stereocenters. The Morgan fingerprint density at radius 3 is 2.42 bits per heavy atom. The normalized spacial score (nSPS) is 9.95. The van der Waals surface area contributed by atoms with Crippen LogP contribution in [0.3, 0.4) is 0 Å². The molecule has 0 aliphatic rings. The number of hydrogen-bond acceptors (Lipinski definition) is 4. The third-order valence-electron chi connectivity index (χ3n) is 2.44. The highest BCUT2D eigenvalue weighted by Crippen LogP contribution is 2.29.